The number of carbonyl (C=O) groups excluding carboxylic acids is 1. The van der Waals surface area contributed by atoms with Crippen LogP contribution < -0.4 is 9.64 Å². The molecule has 2 aromatic heterocycles. The molecule has 1 aliphatic heterocycles. The van der Waals surface area contributed by atoms with Crippen molar-refractivity contribution >= 4 is 56.7 Å². The van der Waals surface area contributed by atoms with Gasteiger partial charge in [0.2, 0.25) is 5.91 Å². The van der Waals surface area contributed by atoms with Gasteiger partial charge in [-0.2, -0.15) is 5.10 Å². The van der Waals surface area contributed by atoms with Crippen LogP contribution >= 0.6 is 11.8 Å². The molecule has 206 valence electrons. The first-order chi connectivity index (χ1) is 19.7. The highest BCUT2D eigenvalue weighted by Gasteiger charge is 2.32. The Labute approximate surface area is 236 Å². The first-order valence-corrected chi connectivity index (χ1v) is 13.4. The number of fused-ring (bicyclic) bond motifs is 3. The lowest BCUT2D eigenvalue weighted by molar-refractivity contribution is -0.274. The van der Waals surface area contributed by atoms with Gasteiger partial charge in [-0.05, 0) is 61.4 Å². The predicted octanol–water partition coefficient (Wildman–Crippen LogP) is 6.56. The van der Waals surface area contributed by atoms with E-state index in [1.807, 2.05) is 50.2 Å². The van der Waals surface area contributed by atoms with Gasteiger partial charge < -0.3 is 4.74 Å². The molecule has 0 atom stereocenters. The van der Waals surface area contributed by atoms with Crippen molar-refractivity contribution in [2.24, 2.45) is 10.2 Å². The molecule has 5 aromatic rings. The summed E-state index contributed by atoms with van der Waals surface area (Å²) in [6.07, 6.45) is 0.0853. The Morgan fingerprint density at radius 1 is 1.00 bits per heavy atom. The van der Waals surface area contributed by atoms with E-state index >= 15 is 0 Å². The highest BCUT2D eigenvalue weighted by atomic mass is 32.2. The summed E-state index contributed by atoms with van der Waals surface area (Å²) in [5.41, 5.74) is 6.20. The van der Waals surface area contributed by atoms with Gasteiger partial charge in [-0.25, -0.2) is 4.98 Å². The smallest absolute Gasteiger partial charge is 0.406 e. The fourth-order valence-electron chi connectivity index (χ4n) is 4.74. The van der Waals surface area contributed by atoms with E-state index in [-0.39, 0.29) is 11.7 Å². The van der Waals surface area contributed by atoms with Gasteiger partial charge in [-0.15, -0.1) is 18.3 Å². The number of para-hydroxylation sites is 1. The number of alkyl halides is 3. The Morgan fingerprint density at radius 3 is 2.49 bits per heavy atom. The number of amidine groups is 1. The molecule has 0 radical (unpaired) electrons. The average molecular weight is 575 g/mol. The standard InChI is InChI=1S/C29H21F3N6O2S/c1-17-4-3-5-18(2)27(17)38-24(39)15-41-28(38)36-35-14-19-12-20-6-11-23-26(25(20)33-13-19)34-16-37(23)21-7-9-22(10-8-21)40-29(30,31)32/h3-14,16H,15H2,1-2H3/b35-14+,36-28-. The highest BCUT2D eigenvalue weighted by Crippen LogP contribution is 2.32. The van der Waals surface area contributed by atoms with Gasteiger partial charge in [-0.3, -0.25) is 19.2 Å². The number of hydrogen-bond donors (Lipinski definition) is 0. The fraction of sp³-hybridized carbons (Fsp3) is 0.138. The maximum atomic E-state index is 12.6. The molecule has 3 aromatic carbocycles. The van der Waals surface area contributed by atoms with Crippen LogP contribution in [0.4, 0.5) is 18.9 Å². The van der Waals surface area contributed by atoms with Crippen molar-refractivity contribution in [2.45, 2.75) is 20.2 Å². The predicted molar refractivity (Wildman–Crippen MR) is 154 cm³/mol. The second-order valence-electron chi connectivity index (χ2n) is 9.32. The minimum Gasteiger partial charge on any atom is -0.406 e. The zero-order valence-electron chi connectivity index (χ0n) is 21.8. The Bertz CT molecular complexity index is 1840. The molecule has 8 nitrogen and oxygen atoms in total. The van der Waals surface area contributed by atoms with E-state index in [2.05, 4.69) is 24.9 Å². The van der Waals surface area contributed by atoms with Crippen LogP contribution in [0.1, 0.15) is 16.7 Å². The van der Waals surface area contributed by atoms with Gasteiger partial charge in [0.15, 0.2) is 5.17 Å². The largest absolute Gasteiger partial charge is 0.573 e. The van der Waals surface area contributed by atoms with Crippen molar-refractivity contribution in [2.75, 3.05) is 10.7 Å². The SMILES string of the molecule is Cc1cccc(C)c1N1C(=O)CS/C1=N\N=C\c1cnc2c(ccc3c2ncn3-c2ccc(OC(F)(F)F)cc2)c1. The third kappa shape index (κ3) is 5.25. The number of thioether (sulfide) groups is 1. The number of benzene rings is 3. The molecule has 0 N–H and O–H groups in total. The number of anilines is 1. The molecule has 0 saturated carbocycles. The molecular weight excluding hydrogens is 553 g/mol. The van der Waals surface area contributed by atoms with Crippen LogP contribution in [0.25, 0.3) is 27.6 Å². The summed E-state index contributed by atoms with van der Waals surface area (Å²) >= 11 is 1.34. The van der Waals surface area contributed by atoms with Gasteiger partial charge in [0.05, 0.1) is 28.7 Å². The quantitative estimate of drug-likeness (QED) is 0.175. The van der Waals surface area contributed by atoms with Gasteiger partial charge in [0.1, 0.15) is 17.6 Å². The average Bonchev–Trinajstić information content (AvgIpc) is 3.52. The van der Waals surface area contributed by atoms with Crippen LogP contribution in [0.3, 0.4) is 0 Å². The van der Waals surface area contributed by atoms with Crippen molar-refractivity contribution in [1.82, 2.24) is 14.5 Å². The van der Waals surface area contributed by atoms with E-state index in [0.717, 1.165) is 27.7 Å². The monoisotopic (exact) mass is 574 g/mol. The third-order valence-electron chi connectivity index (χ3n) is 6.51. The first kappa shape index (κ1) is 26.5. The summed E-state index contributed by atoms with van der Waals surface area (Å²) in [6, 6.07) is 17.1. The van der Waals surface area contributed by atoms with E-state index < -0.39 is 6.36 Å². The van der Waals surface area contributed by atoms with Crippen LogP contribution in [-0.2, 0) is 4.79 Å². The molecule has 1 fully saturated rings. The number of aromatic nitrogens is 3. The number of carbonyl (C=O) groups is 1. The van der Waals surface area contributed by atoms with Gasteiger partial charge in [-0.1, -0.05) is 36.0 Å². The Morgan fingerprint density at radius 2 is 1.76 bits per heavy atom. The second kappa shape index (κ2) is 10.4. The second-order valence-corrected chi connectivity index (χ2v) is 10.3. The van der Waals surface area contributed by atoms with Crippen molar-refractivity contribution in [3.8, 4) is 11.4 Å². The lowest BCUT2D eigenvalue weighted by Crippen LogP contribution is -2.30. The molecule has 0 spiro atoms. The Hall–Kier alpha value is -4.71. The first-order valence-electron chi connectivity index (χ1n) is 12.4. The Balaban J connectivity index is 1.26. The van der Waals surface area contributed by atoms with Crippen LogP contribution in [0.5, 0.6) is 5.75 Å². The maximum Gasteiger partial charge on any atom is 0.573 e. The van der Waals surface area contributed by atoms with Crippen LogP contribution in [0.15, 0.2) is 83.4 Å². The molecule has 41 heavy (non-hydrogen) atoms. The fourth-order valence-corrected chi connectivity index (χ4v) is 5.54. The molecule has 1 saturated heterocycles. The molecule has 1 aliphatic rings. The number of ether oxygens (including phenoxy) is 1. The van der Waals surface area contributed by atoms with E-state index in [4.69, 9.17) is 0 Å². The van der Waals surface area contributed by atoms with Crippen LogP contribution in [0, 0.1) is 13.8 Å². The molecule has 0 aliphatic carbocycles. The van der Waals surface area contributed by atoms with Crippen LogP contribution in [-0.4, -0.2) is 43.9 Å². The van der Waals surface area contributed by atoms with Crippen molar-refractivity contribution in [3.05, 3.63) is 89.9 Å². The highest BCUT2D eigenvalue weighted by molar-refractivity contribution is 8.15. The molecule has 1 amide bonds. The summed E-state index contributed by atoms with van der Waals surface area (Å²) in [6.45, 7) is 3.92. The number of aryl methyl sites for hydroxylation is 2. The molecule has 12 heteroatoms. The van der Waals surface area contributed by atoms with Crippen LogP contribution in [0.2, 0.25) is 0 Å². The minimum absolute atomic E-state index is 0.0391. The number of rotatable bonds is 5. The number of imidazole rings is 1. The minimum atomic E-state index is -4.75. The number of halogens is 3. The molecule has 0 bridgehead atoms. The number of nitrogens with zero attached hydrogens (tertiary/aromatic N) is 6. The van der Waals surface area contributed by atoms with Gasteiger partial charge in [0, 0.05) is 22.8 Å². The molecule has 0 unspecified atom stereocenters. The van der Waals surface area contributed by atoms with E-state index in [1.54, 1.807) is 28.2 Å². The number of pyridine rings is 1. The Kier molecular flexibility index (Phi) is 6.70. The topological polar surface area (TPSA) is 85.0 Å². The lowest BCUT2D eigenvalue weighted by Gasteiger charge is -2.20. The molecular formula is C29H21F3N6O2S. The number of hydrogen-bond acceptors (Lipinski definition) is 7. The van der Waals surface area contributed by atoms with E-state index in [0.29, 0.717) is 33.2 Å². The lowest BCUT2D eigenvalue weighted by atomic mass is 10.1. The molecule has 6 rings (SSSR count). The maximum absolute atomic E-state index is 12.6. The van der Waals surface area contributed by atoms with E-state index in [1.165, 1.54) is 36.0 Å². The summed E-state index contributed by atoms with van der Waals surface area (Å²) in [4.78, 5) is 23.4. The zero-order valence-corrected chi connectivity index (χ0v) is 22.6. The van der Waals surface area contributed by atoms with Gasteiger partial charge >= 0.3 is 6.36 Å². The summed E-state index contributed by atoms with van der Waals surface area (Å²) < 4.78 is 43.2. The summed E-state index contributed by atoms with van der Waals surface area (Å²) in [5.74, 6) is -0.0376. The summed E-state index contributed by atoms with van der Waals surface area (Å²) in [7, 11) is 0. The molecule has 3 heterocycles. The number of amides is 1. The van der Waals surface area contributed by atoms with Crippen molar-refractivity contribution < 1.29 is 22.7 Å². The van der Waals surface area contributed by atoms with E-state index in [9.17, 15) is 18.0 Å². The zero-order chi connectivity index (χ0) is 28.7. The summed E-state index contributed by atoms with van der Waals surface area (Å²) in [5, 5.41) is 9.93. The van der Waals surface area contributed by atoms with Crippen molar-refractivity contribution in [1.29, 1.82) is 0 Å². The normalized spacial score (nSPS) is 15.2. The third-order valence-corrected chi connectivity index (χ3v) is 7.43. The van der Waals surface area contributed by atoms with Crippen molar-refractivity contribution in [3.63, 3.8) is 0 Å². The van der Waals surface area contributed by atoms with Gasteiger partial charge in [0.25, 0.3) is 0 Å².